The van der Waals surface area contributed by atoms with Crippen LogP contribution >= 0.6 is 11.6 Å². The van der Waals surface area contributed by atoms with Gasteiger partial charge in [0.2, 0.25) is 0 Å². The summed E-state index contributed by atoms with van der Waals surface area (Å²) < 4.78 is 0. The number of benzene rings is 2. The van der Waals surface area contributed by atoms with Gasteiger partial charge in [-0.05, 0) is 49.2 Å². The number of anilines is 1. The van der Waals surface area contributed by atoms with Gasteiger partial charge >= 0.3 is 11.8 Å². The lowest BCUT2D eigenvalue weighted by molar-refractivity contribution is -0.136. The third kappa shape index (κ3) is 5.84. The molecule has 31 heavy (non-hydrogen) atoms. The molecular formula is C22H23ClN4O4. The summed E-state index contributed by atoms with van der Waals surface area (Å²) >= 11 is 6.07. The van der Waals surface area contributed by atoms with Crippen LogP contribution in [0.1, 0.15) is 22.8 Å². The minimum absolute atomic E-state index is 0.0482. The van der Waals surface area contributed by atoms with Gasteiger partial charge in [0, 0.05) is 35.2 Å². The van der Waals surface area contributed by atoms with Crippen molar-refractivity contribution < 1.29 is 19.5 Å². The van der Waals surface area contributed by atoms with Gasteiger partial charge in [0.05, 0.1) is 17.4 Å². The number of carbonyl (C=O) groups is 3. The summed E-state index contributed by atoms with van der Waals surface area (Å²) in [5.74, 6) is -2.19. The Hall–Kier alpha value is -3.36. The zero-order valence-electron chi connectivity index (χ0n) is 16.9. The van der Waals surface area contributed by atoms with Crippen molar-refractivity contribution in [3.8, 4) is 0 Å². The predicted molar refractivity (Wildman–Crippen MR) is 119 cm³/mol. The molecule has 2 aromatic carbocycles. The number of aliphatic hydroxyl groups is 1. The SMILES string of the molecule is C[C@@H](O)CNC(=O)C(=O)Nc1ccccc1C(=O)NCCc1c[nH]c2ccc(Cl)cc12. The fourth-order valence-electron chi connectivity index (χ4n) is 3.05. The summed E-state index contributed by atoms with van der Waals surface area (Å²) in [6.07, 6.45) is 1.69. The highest BCUT2D eigenvalue weighted by atomic mass is 35.5. The van der Waals surface area contributed by atoms with Crippen molar-refractivity contribution in [2.75, 3.05) is 18.4 Å². The Morgan fingerprint density at radius 3 is 2.65 bits per heavy atom. The first-order valence-electron chi connectivity index (χ1n) is 9.75. The molecule has 5 N–H and O–H groups in total. The number of hydrogen-bond donors (Lipinski definition) is 5. The first-order valence-corrected chi connectivity index (χ1v) is 10.1. The first-order chi connectivity index (χ1) is 14.8. The van der Waals surface area contributed by atoms with Crippen LogP contribution in [0.3, 0.4) is 0 Å². The summed E-state index contributed by atoms with van der Waals surface area (Å²) in [6.45, 7) is 1.81. The van der Waals surface area contributed by atoms with Crippen molar-refractivity contribution in [3.05, 3.63) is 64.8 Å². The number of rotatable bonds is 7. The van der Waals surface area contributed by atoms with Gasteiger partial charge in [-0.3, -0.25) is 14.4 Å². The molecular weight excluding hydrogens is 420 g/mol. The van der Waals surface area contributed by atoms with Crippen molar-refractivity contribution in [2.45, 2.75) is 19.4 Å². The van der Waals surface area contributed by atoms with Gasteiger partial charge in [-0.1, -0.05) is 23.7 Å². The van der Waals surface area contributed by atoms with Crippen LogP contribution in [0, 0.1) is 0 Å². The Morgan fingerprint density at radius 1 is 1.10 bits per heavy atom. The summed E-state index contributed by atoms with van der Waals surface area (Å²) in [6, 6.07) is 12.0. The third-order valence-corrected chi connectivity index (χ3v) is 4.83. The van der Waals surface area contributed by atoms with Crippen molar-refractivity contribution >= 4 is 45.9 Å². The maximum absolute atomic E-state index is 12.7. The molecule has 1 atom stereocenters. The third-order valence-electron chi connectivity index (χ3n) is 4.59. The van der Waals surface area contributed by atoms with Gasteiger partial charge in [-0.2, -0.15) is 0 Å². The second-order valence-electron chi connectivity index (χ2n) is 7.07. The van der Waals surface area contributed by atoms with Crippen LogP contribution in [-0.4, -0.2) is 47.0 Å². The number of aromatic amines is 1. The minimum atomic E-state index is -0.920. The van der Waals surface area contributed by atoms with E-state index in [1.54, 1.807) is 18.2 Å². The van der Waals surface area contributed by atoms with Crippen molar-refractivity contribution in [1.29, 1.82) is 0 Å². The van der Waals surface area contributed by atoms with E-state index in [9.17, 15) is 19.5 Å². The summed E-state index contributed by atoms with van der Waals surface area (Å²) in [5.41, 5.74) is 2.44. The predicted octanol–water partition coefficient (Wildman–Crippen LogP) is 2.23. The number of halogens is 1. The summed E-state index contributed by atoms with van der Waals surface area (Å²) in [7, 11) is 0. The van der Waals surface area contributed by atoms with E-state index in [4.69, 9.17) is 11.6 Å². The Labute approximate surface area is 184 Å². The van der Waals surface area contributed by atoms with Gasteiger partial charge in [-0.25, -0.2) is 0 Å². The molecule has 0 aliphatic carbocycles. The quantitative estimate of drug-likeness (QED) is 0.360. The average Bonchev–Trinajstić information content (AvgIpc) is 3.14. The Morgan fingerprint density at radius 2 is 1.87 bits per heavy atom. The second kappa shape index (κ2) is 10.1. The van der Waals surface area contributed by atoms with E-state index in [1.807, 2.05) is 24.4 Å². The highest BCUT2D eigenvalue weighted by molar-refractivity contribution is 6.40. The second-order valence-corrected chi connectivity index (χ2v) is 7.50. The van der Waals surface area contributed by atoms with Crippen LogP contribution in [0.4, 0.5) is 5.69 Å². The maximum Gasteiger partial charge on any atom is 0.313 e. The summed E-state index contributed by atoms with van der Waals surface area (Å²) in [4.78, 5) is 39.7. The zero-order valence-corrected chi connectivity index (χ0v) is 17.6. The van der Waals surface area contributed by atoms with E-state index in [0.717, 1.165) is 16.5 Å². The minimum Gasteiger partial charge on any atom is -0.392 e. The molecule has 3 aromatic rings. The number of fused-ring (bicyclic) bond motifs is 1. The monoisotopic (exact) mass is 442 g/mol. The zero-order chi connectivity index (χ0) is 22.4. The van der Waals surface area contributed by atoms with Crippen LogP contribution in [0.25, 0.3) is 10.9 Å². The molecule has 0 saturated heterocycles. The van der Waals surface area contributed by atoms with E-state index in [0.29, 0.717) is 18.0 Å². The molecule has 0 saturated carbocycles. The molecule has 3 amide bonds. The van der Waals surface area contributed by atoms with E-state index in [1.165, 1.54) is 13.0 Å². The topological polar surface area (TPSA) is 123 Å². The Bertz CT molecular complexity index is 1110. The van der Waals surface area contributed by atoms with E-state index < -0.39 is 17.9 Å². The lowest BCUT2D eigenvalue weighted by atomic mass is 10.1. The average molecular weight is 443 g/mol. The lowest BCUT2D eigenvalue weighted by Gasteiger charge is -2.12. The van der Waals surface area contributed by atoms with E-state index >= 15 is 0 Å². The lowest BCUT2D eigenvalue weighted by Crippen LogP contribution is -2.39. The van der Waals surface area contributed by atoms with Crippen molar-refractivity contribution in [3.63, 3.8) is 0 Å². The van der Waals surface area contributed by atoms with Crippen LogP contribution in [-0.2, 0) is 16.0 Å². The molecule has 162 valence electrons. The fraction of sp³-hybridized carbons (Fsp3) is 0.227. The van der Waals surface area contributed by atoms with Crippen LogP contribution < -0.4 is 16.0 Å². The number of carbonyl (C=O) groups excluding carboxylic acids is 3. The highest BCUT2D eigenvalue weighted by Crippen LogP contribution is 2.22. The number of aliphatic hydroxyl groups excluding tert-OH is 1. The van der Waals surface area contributed by atoms with Gasteiger partial charge in [-0.15, -0.1) is 0 Å². The molecule has 1 heterocycles. The molecule has 0 bridgehead atoms. The molecule has 0 radical (unpaired) electrons. The van der Waals surface area contributed by atoms with Crippen LogP contribution in [0.2, 0.25) is 5.02 Å². The number of para-hydroxylation sites is 1. The molecule has 0 aliphatic rings. The number of aromatic nitrogens is 1. The van der Waals surface area contributed by atoms with Gasteiger partial charge in [0.15, 0.2) is 0 Å². The van der Waals surface area contributed by atoms with Gasteiger partial charge in [0.25, 0.3) is 5.91 Å². The maximum atomic E-state index is 12.7. The van der Waals surface area contributed by atoms with E-state index in [-0.39, 0.29) is 23.7 Å². The van der Waals surface area contributed by atoms with Crippen LogP contribution in [0.15, 0.2) is 48.7 Å². The first kappa shape index (κ1) is 22.3. The normalized spacial score (nSPS) is 11.7. The number of H-pyrrole nitrogens is 1. The van der Waals surface area contributed by atoms with Crippen molar-refractivity contribution in [2.24, 2.45) is 0 Å². The van der Waals surface area contributed by atoms with Gasteiger partial charge in [0.1, 0.15) is 0 Å². The molecule has 8 nitrogen and oxygen atoms in total. The fourth-order valence-corrected chi connectivity index (χ4v) is 3.23. The largest absolute Gasteiger partial charge is 0.392 e. The molecule has 3 rings (SSSR count). The van der Waals surface area contributed by atoms with Crippen LogP contribution in [0.5, 0.6) is 0 Å². The number of amides is 3. The standard InChI is InChI=1S/C22H23ClN4O4/c1-13(28)11-26-21(30)22(31)27-19-5-3-2-4-16(19)20(29)24-9-8-14-12-25-18-7-6-15(23)10-17(14)18/h2-7,10,12-13,25,28H,8-9,11H2,1H3,(H,24,29)(H,26,30)(H,27,31)/t13-/m1/s1. The molecule has 0 aliphatic heterocycles. The number of nitrogens with one attached hydrogen (secondary N) is 4. The summed E-state index contributed by atoms with van der Waals surface area (Å²) in [5, 5.41) is 18.4. The Kier molecular flexibility index (Phi) is 7.28. The molecule has 0 spiro atoms. The molecule has 1 aromatic heterocycles. The molecule has 0 unspecified atom stereocenters. The highest BCUT2D eigenvalue weighted by Gasteiger charge is 2.18. The van der Waals surface area contributed by atoms with Crippen molar-refractivity contribution in [1.82, 2.24) is 15.6 Å². The van der Waals surface area contributed by atoms with E-state index in [2.05, 4.69) is 20.9 Å². The molecule has 0 fully saturated rings. The smallest absolute Gasteiger partial charge is 0.313 e. The van der Waals surface area contributed by atoms with Gasteiger partial charge < -0.3 is 26.0 Å². The molecule has 9 heteroatoms. The number of hydrogen-bond acceptors (Lipinski definition) is 4. The Balaban J connectivity index is 1.61.